The molecule has 5 rings (SSSR count). The lowest BCUT2D eigenvalue weighted by Crippen LogP contribution is -2.37. The number of pyridine rings is 2. The van der Waals surface area contributed by atoms with Crippen molar-refractivity contribution in [3.05, 3.63) is 114 Å². The van der Waals surface area contributed by atoms with Gasteiger partial charge in [-0.25, -0.2) is 0 Å². The molecule has 4 heterocycles. The highest BCUT2D eigenvalue weighted by Gasteiger charge is 2.42. The van der Waals surface area contributed by atoms with Crippen LogP contribution in [0.25, 0.3) is 0 Å². The van der Waals surface area contributed by atoms with Crippen molar-refractivity contribution in [2.45, 2.75) is 32.5 Å². The van der Waals surface area contributed by atoms with Crippen LogP contribution in [-0.4, -0.2) is 37.0 Å². The molecular weight excluding hydrogens is 468 g/mol. The van der Waals surface area contributed by atoms with Crippen LogP contribution in [0, 0.1) is 13.8 Å². The van der Waals surface area contributed by atoms with Gasteiger partial charge in [0, 0.05) is 42.2 Å². The fourth-order valence-electron chi connectivity index (χ4n) is 4.84. The summed E-state index contributed by atoms with van der Waals surface area (Å²) in [6, 6.07) is 21.2. The van der Waals surface area contributed by atoms with Crippen molar-refractivity contribution in [3.63, 3.8) is 0 Å². The van der Waals surface area contributed by atoms with Gasteiger partial charge in [0.15, 0.2) is 5.11 Å². The van der Waals surface area contributed by atoms with E-state index < -0.39 is 0 Å². The predicted molar refractivity (Wildman–Crippen MR) is 144 cm³/mol. The molecule has 182 valence electrons. The Morgan fingerprint density at radius 3 is 2.58 bits per heavy atom. The van der Waals surface area contributed by atoms with Crippen molar-refractivity contribution in [3.8, 4) is 0 Å². The van der Waals surface area contributed by atoms with Gasteiger partial charge in [-0.2, -0.15) is 0 Å². The molecule has 1 aromatic carbocycles. The van der Waals surface area contributed by atoms with Gasteiger partial charge in [0.1, 0.15) is 6.54 Å². The number of aromatic nitrogens is 3. The molecule has 1 aliphatic rings. The number of thiocarbonyl (C=S) groups is 1. The Morgan fingerprint density at radius 1 is 1.06 bits per heavy atom. The Bertz CT molecular complexity index is 1360. The van der Waals surface area contributed by atoms with Gasteiger partial charge in [-0.15, -0.1) is 0 Å². The maximum atomic E-state index is 13.1. The zero-order valence-corrected chi connectivity index (χ0v) is 21.1. The van der Waals surface area contributed by atoms with E-state index in [2.05, 4.69) is 51.1 Å². The monoisotopic (exact) mass is 496 g/mol. The van der Waals surface area contributed by atoms with Crippen LogP contribution in [0.3, 0.4) is 0 Å². The van der Waals surface area contributed by atoms with Gasteiger partial charge in [-0.1, -0.05) is 30.3 Å². The molecule has 1 amide bonds. The summed E-state index contributed by atoms with van der Waals surface area (Å²) in [4.78, 5) is 23.9. The summed E-state index contributed by atoms with van der Waals surface area (Å²) in [5.41, 5.74) is 6.15. The average Bonchev–Trinajstić information content (AvgIpc) is 3.36. The SMILES string of the molecule is Cc1cc([C@@H]2[C@@H](c3ccccn3)NC(=S)N2CC(=O)Nc2ccccc2)c(C)n1Cc1cccnc1. The van der Waals surface area contributed by atoms with Gasteiger partial charge >= 0.3 is 0 Å². The van der Waals surface area contributed by atoms with Crippen LogP contribution in [0.1, 0.15) is 40.3 Å². The van der Waals surface area contributed by atoms with Gasteiger partial charge in [0.25, 0.3) is 0 Å². The zero-order chi connectivity index (χ0) is 25.1. The molecule has 2 atom stereocenters. The number of carbonyl (C=O) groups excluding carboxylic acids is 1. The van der Waals surface area contributed by atoms with Gasteiger partial charge < -0.3 is 20.1 Å². The second kappa shape index (κ2) is 10.3. The zero-order valence-electron chi connectivity index (χ0n) is 20.3. The molecule has 0 bridgehead atoms. The molecule has 36 heavy (non-hydrogen) atoms. The number of carbonyl (C=O) groups is 1. The predicted octanol–water partition coefficient (Wildman–Crippen LogP) is 4.55. The molecule has 0 saturated carbocycles. The first-order chi connectivity index (χ1) is 17.5. The highest BCUT2D eigenvalue weighted by molar-refractivity contribution is 7.80. The third-order valence-corrected chi connectivity index (χ3v) is 6.92. The van der Waals surface area contributed by atoms with Gasteiger partial charge in [-0.05, 0) is 73.6 Å². The number of aryl methyl sites for hydroxylation is 1. The van der Waals surface area contributed by atoms with E-state index >= 15 is 0 Å². The second-order valence-electron chi connectivity index (χ2n) is 8.94. The summed E-state index contributed by atoms with van der Waals surface area (Å²) in [6.07, 6.45) is 5.46. The molecule has 4 aromatic rings. The van der Waals surface area contributed by atoms with Crippen molar-refractivity contribution >= 4 is 28.9 Å². The Hall–Kier alpha value is -4.04. The molecule has 0 aliphatic carbocycles. The minimum atomic E-state index is -0.192. The lowest BCUT2D eigenvalue weighted by molar-refractivity contribution is -0.116. The molecule has 0 radical (unpaired) electrons. The van der Waals surface area contributed by atoms with Crippen LogP contribution in [0.15, 0.2) is 85.3 Å². The molecule has 1 saturated heterocycles. The molecule has 3 aromatic heterocycles. The smallest absolute Gasteiger partial charge is 0.244 e. The van der Waals surface area contributed by atoms with Crippen molar-refractivity contribution in [1.82, 2.24) is 24.8 Å². The molecular formula is C28H28N6OS. The number of para-hydroxylation sites is 1. The number of amides is 1. The third kappa shape index (κ3) is 4.85. The van der Waals surface area contributed by atoms with Crippen molar-refractivity contribution in [2.75, 3.05) is 11.9 Å². The lowest BCUT2D eigenvalue weighted by Gasteiger charge is -2.27. The van der Waals surface area contributed by atoms with Crippen LogP contribution in [-0.2, 0) is 11.3 Å². The van der Waals surface area contributed by atoms with E-state index in [1.807, 2.05) is 65.7 Å². The minimum Gasteiger partial charge on any atom is -0.352 e. The first-order valence-electron chi connectivity index (χ1n) is 11.9. The maximum absolute atomic E-state index is 13.1. The second-order valence-corrected chi connectivity index (χ2v) is 9.33. The number of hydrogen-bond donors (Lipinski definition) is 2. The Balaban J connectivity index is 1.49. The Kier molecular flexibility index (Phi) is 6.77. The summed E-state index contributed by atoms with van der Waals surface area (Å²) >= 11 is 5.76. The molecule has 1 fully saturated rings. The number of anilines is 1. The molecule has 7 nitrogen and oxygen atoms in total. The van der Waals surface area contributed by atoms with Crippen LogP contribution in [0.5, 0.6) is 0 Å². The number of hydrogen-bond acceptors (Lipinski definition) is 4. The van der Waals surface area contributed by atoms with E-state index in [4.69, 9.17) is 12.2 Å². The van der Waals surface area contributed by atoms with Crippen LogP contribution in [0.2, 0.25) is 0 Å². The average molecular weight is 497 g/mol. The van der Waals surface area contributed by atoms with E-state index in [1.165, 1.54) is 0 Å². The summed E-state index contributed by atoms with van der Waals surface area (Å²) < 4.78 is 2.28. The normalized spacial score (nSPS) is 17.2. The van der Waals surface area contributed by atoms with Crippen molar-refractivity contribution in [2.24, 2.45) is 0 Å². The first kappa shape index (κ1) is 23.7. The van der Waals surface area contributed by atoms with Gasteiger partial charge in [-0.3, -0.25) is 14.8 Å². The molecule has 0 unspecified atom stereocenters. The number of benzene rings is 1. The first-order valence-corrected chi connectivity index (χ1v) is 12.3. The number of nitrogens with one attached hydrogen (secondary N) is 2. The highest BCUT2D eigenvalue weighted by atomic mass is 32.1. The lowest BCUT2D eigenvalue weighted by atomic mass is 9.96. The number of nitrogens with zero attached hydrogens (tertiary/aromatic N) is 4. The van der Waals surface area contributed by atoms with Crippen molar-refractivity contribution < 1.29 is 4.79 Å². The van der Waals surface area contributed by atoms with Gasteiger partial charge in [0.05, 0.1) is 17.8 Å². The van der Waals surface area contributed by atoms with Crippen molar-refractivity contribution in [1.29, 1.82) is 0 Å². The van der Waals surface area contributed by atoms with Crippen LogP contribution in [0.4, 0.5) is 5.69 Å². The van der Waals surface area contributed by atoms with E-state index in [0.717, 1.165) is 40.4 Å². The number of rotatable bonds is 7. The summed E-state index contributed by atoms with van der Waals surface area (Å²) in [5, 5.41) is 6.96. The summed E-state index contributed by atoms with van der Waals surface area (Å²) in [6.45, 7) is 5.08. The third-order valence-electron chi connectivity index (χ3n) is 6.56. The maximum Gasteiger partial charge on any atom is 0.244 e. The largest absolute Gasteiger partial charge is 0.352 e. The fraction of sp³-hybridized carbons (Fsp3) is 0.214. The molecule has 8 heteroatoms. The quantitative estimate of drug-likeness (QED) is 0.366. The minimum absolute atomic E-state index is 0.124. The van der Waals surface area contributed by atoms with E-state index in [1.54, 1.807) is 12.4 Å². The van der Waals surface area contributed by atoms with Gasteiger partial charge in [0.2, 0.25) is 5.91 Å². The molecule has 0 spiro atoms. The fourth-order valence-corrected chi connectivity index (χ4v) is 5.14. The van der Waals surface area contributed by atoms with E-state index in [-0.39, 0.29) is 24.5 Å². The van der Waals surface area contributed by atoms with Crippen LogP contribution < -0.4 is 10.6 Å². The molecule has 2 N–H and O–H groups in total. The molecule has 1 aliphatic heterocycles. The topological polar surface area (TPSA) is 75.1 Å². The van der Waals surface area contributed by atoms with E-state index in [0.29, 0.717) is 5.11 Å². The highest BCUT2D eigenvalue weighted by Crippen LogP contribution is 2.40. The standard InChI is InChI=1S/C28H28N6OS/c1-19-15-23(20(2)33(19)17-21-9-8-13-29-16-21)27-26(24-12-6-7-14-30-24)32-28(36)34(27)18-25(35)31-22-10-4-3-5-11-22/h3-16,26-27H,17-18H2,1-2H3,(H,31,35)(H,32,36)/t26-,27-/m1/s1. The van der Waals surface area contributed by atoms with E-state index in [9.17, 15) is 4.79 Å². The Labute approximate surface area is 216 Å². The summed E-state index contributed by atoms with van der Waals surface area (Å²) in [5.74, 6) is -0.124. The van der Waals surface area contributed by atoms with Crippen LogP contribution >= 0.6 is 12.2 Å². The Morgan fingerprint density at radius 2 is 1.86 bits per heavy atom. The summed E-state index contributed by atoms with van der Waals surface area (Å²) in [7, 11) is 0.